The lowest BCUT2D eigenvalue weighted by molar-refractivity contribution is -0.388. The summed E-state index contributed by atoms with van der Waals surface area (Å²) in [6.45, 7) is 1.27. The van der Waals surface area contributed by atoms with Crippen molar-refractivity contribution in [2.75, 3.05) is 25.6 Å². The monoisotopic (exact) mass is 349 g/mol. The topological polar surface area (TPSA) is 126 Å². The maximum Gasteiger partial charge on any atom is 0.386 e. The minimum atomic E-state index is -0.990. The number of aromatic nitrogens is 1. The standard InChI is InChI=1S/C10H12BrN3O4.CH4O/c1-10(5-15,6-16)4-13-8-2-7(11)3-12-9(8)14(17)18;1-2/h2-3,5,13,16H,4,6H2,1H3;2H,1H3. The highest BCUT2D eigenvalue weighted by atomic mass is 79.9. The van der Waals surface area contributed by atoms with Crippen LogP contribution in [0, 0.1) is 15.5 Å². The van der Waals surface area contributed by atoms with Gasteiger partial charge < -0.3 is 30.4 Å². The van der Waals surface area contributed by atoms with Crippen LogP contribution in [0.4, 0.5) is 11.5 Å². The molecule has 1 atom stereocenters. The van der Waals surface area contributed by atoms with Crippen molar-refractivity contribution in [2.45, 2.75) is 6.92 Å². The zero-order valence-corrected chi connectivity index (χ0v) is 12.6. The molecule has 0 amide bonds. The number of nitro groups is 1. The molecule has 112 valence electrons. The quantitative estimate of drug-likeness (QED) is 0.396. The number of carbonyl (C=O) groups excluding carboxylic acids is 1. The van der Waals surface area contributed by atoms with E-state index >= 15 is 0 Å². The molecule has 8 nitrogen and oxygen atoms in total. The Balaban J connectivity index is 0.00000172. The second kappa shape index (κ2) is 8.56. The third kappa shape index (κ3) is 5.19. The summed E-state index contributed by atoms with van der Waals surface area (Å²) in [5, 5.41) is 29.6. The van der Waals surface area contributed by atoms with Crippen LogP contribution in [0.3, 0.4) is 0 Å². The van der Waals surface area contributed by atoms with Crippen molar-refractivity contribution in [3.05, 3.63) is 26.9 Å². The van der Waals surface area contributed by atoms with Gasteiger partial charge >= 0.3 is 5.82 Å². The molecule has 0 aromatic carbocycles. The molecule has 9 heteroatoms. The van der Waals surface area contributed by atoms with Gasteiger partial charge in [0.2, 0.25) is 0 Å². The fourth-order valence-corrected chi connectivity index (χ4v) is 1.47. The van der Waals surface area contributed by atoms with E-state index < -0.39 is 10.3 Å². The summed E-state index contributed by atoms with van der Waals surface area (Å²) >= 11 is 3.16. The fourth-order valence-electron chi connectivity index (χ4n) is 1.14. The van der Waals surface area contributed by atoms with Crippen LogP contribution >= 0.6 is 15.9 Å². The zero-order chi connectivity index (χ0) is 15.8. The molecule has 0 bridgehead atoms. The van der Waals surface area contributed by atoms with E-state index in [-0.39, 0.29) is 24.7 Å². The highest BCUT2D eigenvalue weighted by molar-refractivity contribution is 9.10. The highest BCUT2D eigenvalue weighted by Gasteiger charge is 2.24. The molecule has 1 heterocycles. The van der Waals surface area contributed by atoms with Gasteiger partial charge in [-0.15, -0.1) is 0 Å². The lowest BCUT2D eigenvalue weighted by Crippen LogP contribution is -2.32. The van der Waals surface area contributed by atoms with Gasteiger partial charge in [-0.1, -0.05) is 0 Å². The summed E-state index contributed by atoms with van der Waals surface area (Å²) in [7, 11) is 1.00. The predicted octanol–water partition coefficient (Wildman–Crippen LogP) is 0.970. The smallest absolute Gasteiger partial charge is 0.386 e. The van der Waals surface area contributed by atoms with Crippen molar-refractivity contribution in [3.63, 3.8) is 0 Å². The van der Waals surface area contributed by atoms with Gasteiger partial charge in [-0.25, -0.2) is 0 Å². The molecule has 0 aliphatic carbocycles. The van der Waals surface area contributed by atoms with Gasteiger partial charge in [0.05, 0.1) is 16.5 Å². The van der Waals surface area contributed by atoms with E-state index in [1.54, 1.807) is 6.92 Å². The second-order valence-corrected chi connectivity index (χ2v) is 4.98. The average Bonchev–Trinajstić information content (AvgIpc) is 2.46. The van der Waals surface area contributed by atoms with Crippen LogP contribution in [0.1, 0.15) is 6.92 Å². The summed E-state index contributed by atoms with van der Waals surface area (Å²) in [5.41, 5.74) is -0.799. The number of hydrogen-bond donors (Lipinski definition) is 3. The van der Waals surface area contributed by atoms with Crippen LogP contribution in [-0.4, -0.2) is 46.7 Å². The van der Waals surface area contributed by atoms with Crippen LogP contribution in [-0.2, 0) is 4.79 Å². The molecule has 0 aliphatic heterocycles. The third-order valence-electron chi connectivity index (χ3n) is 2.33. The van der Waals surface area contributed by atoms with Crippen molar-refractivity contribution < 1.29 is 19.9 Å². The van der Waals surface area contributed by atoms with Gasteiger partial charge in [0.25, 0.3) is 0 Å². The van der Waals surface area contributed by atoms with Crippen molar-refractivity contribution in [1.29, 1.82) is 0 Å². The predicted molar refractivity (Wildman–Crippen MR) is 76.5 cm³/mol. The maximum absolute atomic E-state index is 10.8. The molecule has 1 aromatic rings. The number of halogens is 1. The van der Waals surface area contributed by atoms with Gasteiger partial charge in [0.1, 0.15) is 12.0 Å². The normalized spacial score (nSPS) is 12.7. The maximum atomic E-state index is 10.8. The van der Waals surface area contributed by atoms with E-state index in [1.165, 1.54) is 12.3 Å². The molecule has 0 fully saturated rings. The van der Waals surface area contributed by atoms with E-state index in [1.807, 2.05) is 0 Å². The van der Waals surface area contributed by atoms with Gasteiger partial charge in [0, 0.05) is 13.7 Å². The van der Waals surface area contributed by atoms with Crippen LogP contribution in [0.15, 0.2) is 16.7 Å². The number of aliphatic hydroxyl groups excluding tert-OH is 2. The van der Waals surface area contributed by atoms with Crippen molar-refractivity contribution in [3.8, 4) is 0 Å². The lowest BCUT2D eigenvalue weighted by Gasteiger charge is -2.20. The molecule has 1 aromatic heterocycles. The first-order valence-electron chi connectivity index (χ1n) is 5.47. The minimum Gasteiger partial charge on any atom is -0.400 e. The molecular formula is C11H16BrN3O5. The number of nitrogens with one attached hydrogen (secondary N) is 1. The lowest BCUT2D eigenvalue weighted by atomic mass is 9.94. The van der Waals surface area contributed by atoms with Crippen molar-refractivity contribution >= 4 is 33.7 Å². The molecule has 0 saturated carbocycles. The second-order valence-electron chi connectivity index (χ2n) is 4.07. The van der Waals surface area contributed by atoms with E-state index in [4.69, 9.17) is 10.2 Å². The van der Waals surface area contributed by atoms with Gasteiger partial charge in [-0.05, 0) is 38.8 Å². The molecule has 0 aliphatic rings. The number of aliphatic hydroxyl groups is 2. The minimum absolute atomic E-state index is 0.0754. The Bertz CT molecular complexity index is 471. The Labute approximate surface area is 124 Å². The Hall–Kier alpha value is -1.58. The number of aldehydes is 1. The summed E-state index contributed by atoms with van der Waals surface area (Å²) in [6.07, 6.45) is 1.92. The molecule has 20 heavy (non-hydrogen) atoms. The van der Waals surface area contributed by atoms with E-state index in [0.29, 0.717) is 10.8 Å². The Kier molecular flexibility index (Phi) is 7.89. The largest absolute Gasteiger partial charge is 0.400 e. The van der Waals surface area contributed by atoms with E-state index in [2.05, 4.69) is 26.2 Å². The molecular weight excluding hydrogens is 334 g/mol. The summed E-state index contributed by atoms with van der Waals surface area (Å²) < 4.78 is 0.576. The molecule has 0 radical (unpaired) electrons. The van der Waals surface area contributed by atoms with E-state index in [9.17, 15) is 14.9 Å². The summed E-state index contributed by atoms with van der Waals surface area (Å²) in [6, 6.07) is 1.49. The van der Waals surface area contributed by atoms with Crippen molar-refractivity contribution in [2.24, 2.45) is 5.41 Å². The van der Waals surface area contributed by atoms with Gasteiger partial charge in [0.15, 0.2) is 6.20 Å². The Morgan fingerprint density at radius 1 is 1.60 bits per heavy atom. The number of hydrogen-bond acceptors (Lipinski definition) is 7. The van der Waals surface area contributed by atoms with Crippen LogP contribution in [0.2, 0.25) is 0 Å². The molecule has 1 rings (SSSR count). The number of anilines is 1. The average molecular weight is 350 g/mol. The first kappa shape index (κ1) is 18.4. The van der Waals surface area contributed by atoms with E-state index in [0.717, 1.165) is 7.11 Å². The SMILES string of the molecule is CC(C=O)(CO)CNc1cc(Br)cnc1[N+](=O)[O-].CO. The number of nitrogens with zero attached hydrogens (tertiary/aromatic N) is 2. The molecule has 0 spiro atoms. The van der Waals surface area contributed by atoms with Crippen LogP contribution in [0.5, 0.6) is 0 Å². The van der Waals surface area contributed by atoms with Crippen LogP contribution < -0.4 is 5.32 Å². The van der Waals surface area contributed by atoms with Gasteiger partial charge in [-0.2, -0.15) is 0 Å². The van der Waals surface area contributed by atoms with Crippen LogP contribution in [0.25, 0.3) is 0 Å². The Morgan fingerprint density at radius 2 is 2.20 bits per heavy atom. The van der Waals surface area contributed by atoms with Gasteiger partial charge in [-0.3, -0.25) is 0 Å². The first-order valence-corrected chi connectivity index (χ1v) is 6.27. The highest BCUT2D eigenvalue weighted by Crippen LogP contribution is 2.26. The Morgan fingerprint density at radius 3 is 2.65 bits per heavy atom. The fraction of sp³-hybridized carbons (Fsp3) is 0.455. The third-order valence-corrected chi connectivity index (χ3v) is 2.77. The first-order chi connectivity index (χ1) is 9.41. The zero-order valence-electron chi connectivity index (χ0n) is 11.0. The molecule has 0 saturated heterocycles. The molecule has 3 N–H and O–H groups in total. The molecule has 1 unspecified atom stereocenters. The number of pyridine rings is 1. The number of rotatable bonds is 6. The van der Waals surface area contributed by atoms with Crippen molar-refractivity contribution in [1.82, 2.24) is 4.98 Å². The summed E-state index contributed by atoms with van der Waals surface area (Å²) in [4.78, 5) is 24.6. The number of carbonyl (C=O) groups is 1. The summed E-state index contributed by atoms with van der Waals surface area (Å²) in [5.74, 6) is -0.329.